The molecule has 6 nitrogen and oxygen atoms in total. The van der Waals surface area contributed by atoms with Gasteiger partial charge in [-0.25, -0.2) is 0 Å². The zero-order valence-electron chi connectivity index (χ0n) is 23.0. The largest absolute Gasteiger partial charge is 0.344 e. The Morgan fingerprint density at radius 3 is 2.19 bits per heavy atom. The van der Waals surface area contributed by atoms with Crippen molar-refractivity contribution in [2.24, 2.45) is 0 Å². The number of fused-ring (bicyclic) bond motifs is 1. The van der Waals surface area contributed by atoms with Gasteiger partial charge in [-0.15, -0.1) is 0 Å². The van der Waals surface area contributed by atoms with Crippen molar-refractivity contribution in [2.45, 2.75) is 33.2 Å². The molecule has 0 saturated carbocycles. The van der Waals surface area contributed by atoms with Gasteiger partial charge in [-0.3, -0.25) is 9.69 Å². The van der Waals surface area contributed by atoms with Gasteiger partial charge in [-0.2, -0.15) is 0 Å². The van der Waals surface area contributed by atoms with Crippen LogP contribution in [0.15, 0.2) is 48.5 Å². The van der Waals surface area contributed by atoms with E-state index in [0.717, 1.165) is 101 Å². The normalized spacial score (nSPS) is 18.1. The topological polar surface area (TPSA) is 35.0 Å². The van der Waals surface area contributed by atoms with Crippen LogP contribution in [-0.4, -0.2) is 103 Å². The molecule has 2 fully saturated rings. The van der Waals surface area contributed by atoms with Gasteiger partial charge in [-0.1, -0.05) is 42.0 Å². The number of carbonyl (C=O) groups is 1. The molecule has 2 aliphatic rings. The highest BCUT2D eigenvalue weighted by molar-refractivity contribution is 6.08. The van der Waals surface area contributed by atoms with Crippen LogP contribution in [0, 0.1) is 13.8 Å². The summed E-state index contributed by atoms with van der Waals surface area (Å²) >= 11 is 0. The second-order valence-corrected chi connectivity index (χ2v) is 11.0. The quantitative estimate of drug-likeness (QED) is 0.469. The molecule has 3 aromatic rings. The summed E-state index contributed by atoms with van der Waals surface area (Å²) in [4.78, 5) is 23.4. The van der Waals surface area contributed by atoms with E-state index in [-0.39, 0.29) is 5.91 Å². The van der Waals surface area contributed by atoms with Crippen LogP contribution >= 0.6 is 0 Å². The molecule has 5 rings (SSSR count). The van der Waals surface area contributed by atoms with E-state index < -0.39 is 0 Å². The number of hydrogen-bond donors (Lipinski definition) is 0. The molecule has 2 aliphatic heterocycles. The first-order valence-corrected chi connectivity index (χ1v) is 14.1. The minimum atomic E-state index is 0.202. The first-order chi connectivity index (χ1) is 18.0. The maximum absolute atomic E-state index is 13.9. The summed E-state index contributed by atoms with van der Waals surface area (Å²) in [6.45, 7) is 15.5. The summed E-state index contributed by atoms with van der Waals surface area (Å²) in [6, 6.07) is 17.3. The summed E-state index contributed by atoms with van der Waals surface area (Å²) in [5.41, 5.74) is 5.83. The van der Waals surface area contributed by atoms with E-state index in [1.165, 1.54) is 16.6 Å². The first kappa shape index (κ1) is 26.0. The van der Waals surface area contributed by atoms with E-state index in [2.05, 4.69) is 93.6 Å². The summed E-state index contributed by atoms with van der Waals surface area (Å²) < 4.78 is 2.40. The molecule has 2 saturated heterocycles. The molecule has 1 aromatic heterocycles. The van der Waals surface area contributed by atoms with Gasteiger partial charge < -0.3 is 19.3 Å². The van der Waals surface area contributed by atoms with Crippen molar-refractivity contribution in [3.05, 3.63) is 70.9 Å². The predicted molar refractivity (Wildman–Crippen MR) is 152 cm³/mol. The van der Waals surface area contributed by atoms with E-state index in [0.29, 0.717) is 0 Å². The molecule has 2 aromatic carbocycles. The fourth-order valence-electron chi connectivity index (χ4n) is 5.94. The van der Waals surface area contributed by atoms with E-state index in [9.17, 15) is 4.79 Å². The van der Waals surface area contributed by atoms with Crippen molar-refractivity contribution < 1.29 is 4.79 Å². The van der Waals surface area contributed by atoms with Crippen molar-refractivity contribution in [1.29, 1.82) is 0 Å². The highest BCUT2D eigenvalue weighted by Gasteiger charge is 2.27. The van der Waals surface area contributed by atoms with Crippen LogP contribution in [0.1, 0.15) is 33.6 Å². The maximum Gasteiger partial charge on any atom is 0.256 e. The van der Waals surface area contributed by atoms with E-state index in [4.69, 9.17) is 0 Å². The molecule has 0 atom stereocenters. The van der Waals surface area contributed by atoms with Crippen LogP contribution in [0.3, 0.4) is 0 Å². The fourth-order valence-corrected chi connectivity index (χ4v) is 5.94. The Balaban J connectivity index is 1.24. The Bertz CT molecular complexity index is 1190. The minimum absolute atomic E-state index is 0.202. The number of carbonyl (C=O) groups excluding carboxylic acids is 1. The molecule has 0 N–H and O–H groups in total. The fraction of sp³-hybridized carbons (Fsp3) is 0.516. The third kappa shape index (κ3) is 6.08. The average Bonchev–Trinajstić information content (AvgIpc) is 3.19. The van der Waals surface area contributed by atoms with Crippen LogP contribution in [0.4, 0.5) is 0 Å². The third-order valence-corrected chi connectivity index (χ3v) is 8.36. The Labute approximate surface area is 222 Å². The Morgan fingerprint density at radius 2 is 1.46 bits per heavy atom. The minimum Gasteiger partial charge on any atom is -0.344 e. The van der Waals surface area contributed by atoms with Gasteiger partial charge in [0.25, 0.3) is 5.91 Å². The van der Waals surface area contributed by atoms with Crippen LogP contribution in [0.5, 0.6) is 0 Å². The smallest absolute Gasteiger partial charge is 0.256 e. The van der Waals surface area contributed by atoms with Crippen LogP contribution in [0.2, 0.25) is 0 Å². The van der Waals surface area contributed by atoms with Crippen molar-refractivity contribution in [3.8, 4) is 0 Å². The number of piperazine rings is 2. The molecule has 0 radical (unpaired) electrons. The van der Waals surface area contributed by atoms with Crippen molar-refractivity contribution >= 4 is 16.8 Å². The molecular formula is C31H43N5O. The molecule has 6 heteroatoms. The van der Waals surface area contributed by atoms with Gasteiger partial charge in [0.15, 0.2) is 0 Å². The molecular weight excluding hydrogens is 458 g/mol. The summed E-state index contributed by atoms with van der Waals surface area (Å²) in [6.07, 6.45) is 2.17. The lowest BCUT2D eigenvalue weighted by molar-refractivity contribution is 0.0639. The molecule has 0 aliphatic carbocycles. The molecule has 0 bridgehead atoms. The molecule has 37 heavy (non-hydrogen) atoms. The van der Waals surface area contributed by atoms with Gasteiger partial charge in [0.05, 0.1) is 5.56 Å². The second kappa shape index (κ2) is 11.8. The number of aromatic nitrogens is 1. The summed E-state index contributed by atoms with van der Waals surface area (Å²) in [7, 11) is 2.21. The highest BCUT2D eigenvalue weighted by atomic mass is 16.2. The lowest BCUT2D eigenvalue weighted by Crippen LogP contribution is -2.49. The average molecular weight is 502 g/mol. The maximum atomic E-state index is 13.9. The zero-order valence-corrected chi connectivity index (χ0v) is 23.0. The van der Waals surface area contributed by atoms with Gasteiger partial charge in [0, 0.05) is 82.0 Å². The van der Waals surface area contributed by atoms with E-state index in [1.54, 1.807) is 0 Å². The highest BCUT2D eigenvalue weighted by Crippen LogP contribution is 2.29. The molecule has 3 heterocycles. The number of amides is 1. The van der Waals surface area contributed by atoms with Crippen molar-refractivity contribution in [2.75, 3.05) is 72.5 Å². The van der Waals surface area contributed by atoms with Crippen molar-refractivity contribution in [1.82, 2.24) is 24.2 Å². The standard InChI is InChI=1S/C31H43N5O/c1-25-10-11-29-28(24-25)30(26(2)36(29)14-7-13-33-18-16-32(3)17-19-33)31(37)35-22-20-34(21-23-35)15-12-27-8-5-4-6-9-27/h4-6,8-11,24H,7,12-23H2,1-3H3. The monoisotopic (exact) mass is 501 g/mol. The lowest BCUT2D eigenvalue weighted by atomic mass is 10.1. The number of likely N-dealkylation sites (N-methyl/N-ethyl adjacent to an activating group) is 1. The number of hydrogen-bond acceptors (Lipinski definition) is 4. The Kier molecular flexibility index (Phi) is 8.28. The number of benzene rings is 2. The van der Waals surface area contributed by atoms with E-state index in [1.807, 2.05) is 0 Å². The third-order valence-electron chi connectivity index (χ3n) is 8.36. The molecule has 0 spiro atoms. The summed E-state index contributed by atoms with van der Waals surface area (Å²) in [5, 5.41) is 1.12. The second-order valence-electron chi connectivity index (χ2n) is 11.0. The van der Waals surface area contributed by atoms with Gasteiger partial charge in [-0.05, 0) is 58.0 Å². The van der Waals surface area contributed by atoms with Crippen LogP contribution in [-0.2, 0) is 13.0 Å². The molecule has 0 unspecified atom stereocenters. The number of aryl methyl sites for hydroxylation is 2. The number of rotatable bonds is 8. The Hall–Kier alpha value is -2.67. The SMILES string of the molecule is Cc1ccc2c(c1)c(C(=O)N1CCN(CCc3ccccc3)CC1)c(C)n2CCCN1CCN(C)CC1. The lowest BCUT2D eigenvalue weighted by Gasteiger charge is -2.35. The van der Waals surface area contributed by atoms with Gasteiger partial charge in [0.1, 0.15) is 0 Å². The molecule has 1 amide bonds. The van der Waals surface area contributed by atoms with Gasteiger partial charge >= 0.3 is 0 Å². The van der Waals surface area contributed by atoms with Crippen LogP contribution < -0.4 is 0 Å². The van der Waals surface area contributed by atoms with Crippen molar-refractivity contribution in [3.63, 3.8) is 0 Å². The van der Waals surface area contributed by atoms with E-state index >= 15 is 0 Å². The zero-order chi connectivity index (χ0) is 25.8. The van der Waals surface area contributed by atoms with Crippen LogP contribution in [0.25, 0.3) is 10.9 Å². The predicted octanol–water partition coefficient (Wildman–Crippen LogP) is 3.90. The number of nitrogens with zero attached hydrogens (tertiary/aromatic N) is 5. The van der Waals surface area contributed by atoms with Gasteiger partial charge in [0.2, 0.25) is 0 Å². The Morgan fingerprint density at radius 1 is 0.784 bits per heavy atom. The summed E-state index contributed by atoms with van der Waals surface area (Å²) in [5.74, 6) is 0.202. The first-order valence-electron chi connectivity index (χ1n) is 14.1. The molecule has 198 valence electrons.